The van der Waals surface area contributed by atoms with Crippen molar-refractivity contribution in [2.45, 2.75) is 26.2 Å². The van der Waals surface area contributed by atoms with Crippen molar-refractivity contribution in [2.24, 2.45) is 11.1 Å². The summed E-state index contributed by atoms with van der Waals surface area (Å²) in [6.45, 7) is 4.36. The molecule has 0 saturated carbocycles. The van der Waals surface area contributed by atoms with Crippen LogP contribution in [0.15, 0.2) is 24.3 Å². The number of ketones is 1. The van der Waals surface area contributed by atoms with Crippen molar-refractivity contribution >= 4 is 5.78 Å². The average molecular weight is 277 g/mol. The van der Waals surface area contributed by atoms with Gasteiger partial charge in [0.1, 0.15) is 5.75 Å². The summed E-state index contributed by atoms with van der Waals surface area (Å²) in [5.74, 6) is 0.933. The van der Waals surface area contributed by atoms with Crippen LogP contribution in [0.2, 0.25) is 0 Å². The Bertz CT molecular complexity index is 436. The second kappa shape index (κ2) is 6.86. The fraction of sp³-hybridized carbons (Fsp3) is 0.562. The summed E-state index contributed by atoms with van der Waals surface area (Å²) in [5.41, 5.74) is 6.13. The Hall–Kier alpha value is -1.39. The maximum atomic E-state index is 12.7. The van der Waals surface area contributed by atoms with Crippen LogP contribution in [-0.2, 0) is 4.74 Å². The van der Waals surface area contributed by atoms with Gasteiger partial charge in [-0.2, -0.15) is 0 Å². The van der Waals surface area contributed by atoms with Crippen LogP contribution in [0.3, 0.4) is 0 Å². The highest BCUT2D eigenvalue weighted by molar-refractivity contribution is 6.00. The zero-order valence-corrected chi connectivity index (χ0v) is 12.1. The van der Waals surface area contributed by atoms with Gasteiger partial charge in [0, 0.05) is 25.3 Å². The van der Waals surface area contributed by atoms with Crippen LogP contribution in [0.25, 0.3) is 0 Å². The van der Waals surface area contributed by atoms with Crippen molar-refractivity contribution in [3.05, 3.63) is 29.8 Å². The van der Waals surface area contributed by atoms with E-state index in [0.29, 0.717) is 44.8 Å². The van der Waals surface area contributed by atoms with Gasteiger partial charge in [0.2, 0.25) is 0 Å². The summed E-state index contributed by atoms with van der Waals surface area (Å²) in [4.78, 5) is 12.7. The minimum Gasteiger partial charge on any atom is -0.494 e. The Morgan fingerprint density at radius 3 is 2.50 bits per heavy atom. The summed E-state index contributed by atoms with van der Waals surface area (Å²) >= 11 is 0. The predicted octanol–water partition coefficient (Wildman–Crippen LogP) is 2.41. The van der Waals surface area contributed by atoms with Gasteiger partial charge in [0.05, 0.1) is 12.0 Å². The quantitative estimate of drug-likeness (QED) is 0.811. The van der Waals surface area contributed by atoms with Crippen molar-refractivity contribution in [1.29, 1.82) is 0 Å². The van der Waals surface area contributed by atoms with E-state index in [0.717, 1.165) is 12.2 Å². The van der Waals surface area contributed by atoms with Gasteiger partial charge in [-0.05, 0) is 43.5 Å². The van der Waals surface area contributed by atoms with Gasteiger partial charge in [0.15, 0.2) is 5.78 Å². The first kappa shape index (κ1) is 15.0. The Labute approximate surface area is 120 Å². The first-order chi connectivity index (χ1) is 9.72. The van der Waals surface area contributed by atoms with Crippen LogP contribution in [0.1, 0.15) is 36.5 Å². The molecule has 1 heterocycles. The molecular formula is C16H23NO3. The van der Waals surface area contributed by atoms with Crippen molar-refractivity contribution in [1.82, 2.24) is 0 Å². The summed E-state index contributed by atoms with van der Waals surface area (Å²) in [5, 5.41) is 0. The number of rotatable bonds is 6. The number of hydrogen-bond acceptors (Lipinski definition) is 4. The normalized spacial score (nSPS) is 17.7. The van der Waals surface area contributed by atoms with E-state index in [2.05, 4.69) is 6.92 Å². The van der Waals surface area contributed by atoms with Gasteiger partial charge in [-0.1, -0.05) is 6.92 Å². The molecule has 0 spiro atoms. The molecule has 0 amide bonds. The van der Waals surface area contributed by atoms with E-state index in [1.54, 1.807) is 0 Å². The third-order valence-corrected chi connectivity index (χ3v) is 3.91. The summed E-state index contributed by atoms with van der Waals surface area (Å²) < 4.78 is 10.9. The van der Waals surface area contributed by atoms with Crippen LogP contribution in [0.5, 0.6) is 5.75 Å². The number of ether oxygens (including phenoxy) is 2. The van der Waals surface area contributed by atoms with Gasteiger partial charge in [-0.15, -0.1) is 0 Å². The number of benzene rings is 1. The monoisotopic (exact) mass is 277 g/mol. The molecule has 0 radical (unpaired) electrons. The molecule has 4 heteroatoms. The number of Topliss-reactive ketones (excluding diaryl/α,β-unsaturated/α-hetero) is 1. The van der Waals surface area contributed by atoms with Gasteiger partial charge < -0.3 is 15.2 Å². The predicted molar refractivity (Wildman–Crippen MR) is 78.1 cm³/mol. The Kier molecular flexibility index (Phi) is 5.15. The van der Waals surface area contributed by atoms with Crippen LogP contribution in [-0.4, -0.2) is 32.1 Å². The minimum absolute atomic E-state index is 0.130. The van der Waals surface area contributed by atoms with Crippen LogP contribution in [0.4, 0.5) is 0 Å². The smallest absolute Gasteiger partial charge is 0.170 e. The fourth-order valence-corrected chi connectivity index (χ4v) is 2.51. The van der Waals surface area contributed by atoms with Crippen molar-refractivity contribution < 1.29 is 14.3 Å². The molecule has 1 aromatic carbocycles. The van der Waals surface area contributed by atoms with Crippen molar-refractivity contribution in [3.8, 4) is 5.75 Å². The molecule has 4 nitrogen and oxygen atoms in total. The van der Waals surface area contributed by atoms with Crippen LogP contribution in [0, 0.1) is 5.41 Å². The number of hydrogen-bond donors (Lipinski definition) is 1. The fourth-order valence-electron chi connectivity index (χ4n) is 2.51. The first-order valence-electron chi connectivity index (χ1n) is 7.27. The molecule has 2 N–H and O–H groups in total. The third-order valence-electron chi connectivity index (χ3n) is 3.91. The highest BCUT2D eigenvalue weighted by atomic mass is 16.5. The molecule has 110 valence electrons. The minimum atomic E-state index is -0.454. The highest BCUT2D eigenvalue weighted by Gasteiger charge is 2.39. The lowest BCUT2D eigenvalue weighted by molar-refractivity contribution is 0.0200. The summed E-state index contributed by atoms with van der Waals surface area (Å²) in [6, 6.07) is 7.37. The summed E-state index contributed by atoms with van der Waals surface area (Å²) in [6.07, 6.45) is 2.38. The van der Waals surface area contributed by atoms with E-state index in [4.69, 9.17) is 15.2 Å². The molecular weight excluding hydrogens is 254 g/mol. The molecule has 1 saturated heterocycles. The van der Waals surface area contributed by atoms with Crippen LogP contribution >= 0.6 is 0 Å². The van der Waals surface area contributed by atoms with E-state index in [1.807, 2.05) is 24.3 Å². The topological polar surface area (TPSA) is 61.5 Å². The molecule has 0 unspecified atom stereocenters. The summed E-state index contributed by atoms with van der Waals surface area (Å²) in [7, 11) is 0. The Balaban J connectivity index is 2.11. The largest absolute Gasteiger partial charge is 0.494 e. The zero-order valence-electron chi connectivity index (χ0n) is 12.1. The van der Waals surface area contributed by atoms with E-state index >= 15 is 0 Å². The molecule has 0 atom stereocenters. The number of carbonyl (C=O) groups excluding carboxylic acids is 1. The van der Waals surface area contributed by atoms with E-state index in [1.165, 1.54) is 0 Å². The van der Waals surface area contributed by atoms with Crippen molar-refractivity contribution in [2.75, 3.05) is 26.4 Å². The van der Waals surface area contributed by atoms with Gasteiger partial charge >= 0.3 is 0 Å². The Morgan fingerprint density at radius 2 is 1.95 bits per heavy atom. The first-order valence-corrected chi connectivity index (χ1v) is 7.27. The molecule has 0 bridgehead atoms. The highest BCUT2D eigenvalue weighted by Crippen LogP contribution is 2.33. The maximum absolute atomic E-state index is 12.7. The molecule has 2 rings (SSSR count). The SMILES string of the molecule is CCCOc1ccc(C(=O)C2(CN)CCOCC2)cc1. The molecule has 0 aliphatic carbocycles. The molecule has 20 heavy (non-hydrogen) atoms. The van der Waals surface area contributed by atoms with Gasteiger partial charge in [-0.3, -0.25) is 4.79 Å². The number of nitrogens with two attached hydrogens (primary N) is 1. The van der Waals surface area contributed by atoms with E-state index in [-0.39, 0.29) is 5.78 Å². The molecule has 1 aliphatic rings. The Morgan fingerprint density at radius 1 is 1.30 bits per heavy atom. The lowest BCUT2D eigenvalue weighted by Gasteiger charge is -2.34. The van der Waals surface area contributed by atoms with Gasteiger partial charge in [-0.25, -0.2) is 0 Å². The molecule has 1 aromatic rings. The maximum Gasteiger partial charge on any atom is 0.170 e. The van der Waals surface area contributed by atoms with Crippen LogP contribution < -0.4 is 10.5 Å². The standard InChI is InChI=1S/C16H23NO3/c1-2-9-20-14-5-3-13(4-6-14)15(18)16(12-17)7-10-19-11-8-16/h3-6H,2,7-12,17H2,1H3. The second-order valence-electron chi connectivity index (χ2n) is 5.30. The van der Waals surface area contributed by atoms with E-state index in [9.17, 15) is 4.79 Å². The lowest BCUT2D eigenvalue weighted by atomic mass is 9.74. The average Bonchev–Trinajstić information content (AvgIpc) is 2.53. The molecule has 0 aromatic heterocycles. The lowest BCUT2D eigenvalue weighted by Crippen LogP contribution is -2.43. The number of carbonyl (C=O) groups is 1. The van der Waals surface area contributed by atoms with E-state index < -0.39 is 5.41 Å². The molecule has 1 aliphatic heterocycles. The molecule has 1 fully saturated rings. The third kappa shape index (κ3) is 3.19. The second-order valence-corrected chi connectivity index (χ2v) is 5.30. The van der Waals surface area contributed by atoms with Crippen molar-refractivity contribution in [3.63, 3.8) is 0 Å². The zero-order chi connectivity index (χ0) is 14.4. The van der Waals surface area contributed by atoms with Gasteiger partial charge in [0.25, 0.3) is 0 Å².